The highest BCUT2D eigenvalue weighted by molar-refractivity contribution is 6.30. The number of hydrogen-bond donors (Lipinski definition) is 2. The highest BCUT2D eigenvalue weighted by Crippen LogP contribution is 2.35. The summed E-state index contributed by atoms with van der Waals surface area (Å²) in [5, 5.41) is 6.14. The summed E-state index contributed by atoms with van der Waals surface area (Å²) in [7, 11) is 1.36. The fourth-order valence-electron chi connectivity index (χ4n) is 4.32. The topological polar surface area (TPSA) is 84.5 Å². The number of ether oxygens (including phenoxy) is 1. The van der Waals surface area contributed by atoms with Crippen molar-refractivity contribution in [1.29, 1.82) is 0 Å². The lowest BCUT2D eigenvalue weighted by molar-refractivity contribution is -0.146. The zero-order valence-corrected chi connectivity index (χ0v) is 19.5. The molecule has 1 saturated carbocycles. The first-order valence-electron chi connectivity index (χ1n) is 11.1. The first kappa shape index (κ1) is 23.5. The van der Waals surface area contributed by atoms with Gasteiger partial charge in [0.05, 0.1) is 13.0 Å². The van der Waals surface area contributed by atoms with E-state index in [2.05, 4.69) is 10.6 Å². The summed E-state index contributed by atoms with van der Waals surface area (Å²) < 4.78 is 4.87. The summed E-state index contributed by atoms with van der Waals surface area (Å²) in [6.45, 7) is 0. The molecule has 3 aromatic carbocycles. The molecule has 0 saturated heterocycles. The number of amides is 2. The molecular weight excluding hydrogens is 452 g/mol. The first-order chi connectivity index (χ1) is 16.4. The number of benzene rings is 3. The summed E-state index contributed by atoms with van der Waals surface area (Å²) >= 11 is 5.86. The molecule has 6 nitrogen and oxygen atoms in total. The molecule has 1 fully saturated rings. The summed E-state index contributed by atoms with van der Waals surface area (Å²) in [4.78, 5) is 37.1. The SMILES string of the molecule is COC(=O)[C@@H]1CCC[C@H]1C(=O)c1ccc(-c2ccc(NC(=O)Nc3ccc(Cl)cc3)cc2)cc1. The Labute approximate surface area is 203 Å². The van der Waals surface area contributed by atoms with E-state index < -0.39 is 0 Å². The summed E-state index contributed by atoms with van der Waals surface area (Å²) in [6.07, 6.45) is 2.26. The number of rotatable bonds is 6. The molecular formula is C27H25ClN2O4. The van der Waals surface area contributed by atoms with Crippen LogP contribution in [0.25, 0.3) is 11.1 Å². The van der Waals surface area contributed by atoms with Crippen LogP contribution in [-0.4, -0.2) is 24.9 Å². The van der Waals surface area contributed by atoms with Gasteiger partial charge in [-0.25, -0.2) is 4.79 Å². The van der Waals surface area contributed by atoms with Gasteiger partial charge >= 0.3 is 12.0 Å². The summed E-state index contributed by atoms with van der Waals surface area (Å²) in [5.74, 6) is -0.981. The molecule has 2 amide bonds. The number of ketones is 1. The zero-order valence-electron chi connectivity index (χ0n) is 18.7. The number of Topliss-reactive ketones (excluding diaryl/α,β-unsaturated/α-hetero) is 1. The highest BCUT2D eigenvalue weighted by atomic mass is 35.5. The van der Waals surface area contributed by atoms with Gasteiger partial charge in [-0.3, -0.25) is 9.59 Å². The predicted octanol–water partition coefficient (Wildman–Crippen LogP) is 6.42. The molecule has 0 aromatic heterocycles. The number of methoxy groups -OCH3 is 1. The summed E-state index contributed by atoms with van der Waals surface area (Å²) in [6, 6.07) is 21.3. The van der Waals surface area contributed by atoms with Crippen molar-refractivity contribution in [2.45, 2.75) is 19.3 Å². The molecule has 0 aliphatic heterocycles. The van der Waals surface area contributed by atoms with Crippen LogP contribution in [0.3, 0.4) is 0 Å². The Morgan fingerprint density at radius 2 is 1.26 bits per heavy atom. The van der Waals surface area contributed by atoms with E-state index in [4.69, 9.17) is 16.3 Å². The molecule has 34 heavy (non-hydrogen) atoms. The van der Waals surface area contributed by atoms with Crippen LogP contribution in [0.5, 0.6) is 0 Å². The van der Waals surface area contributed by atoms with Crippen LogP contribution in [0.15, 0.2) is 72.8 Å². The third-order valence-electron chi connectivity index (χ3n) is 6.10. The van der Waals surface area contributed by atoms with Crippen molar-refractivity contribution in [3.63, 3.8) is 0 Å². The van der Waals surface area contributed by atoms with Crippen LogP contribution in [-0.2, 0) is 9.53 Å². The van der Waals surface area contributed by atoms with Gasteiger partial charge < -0.3 is 15.4 Å². The van der Waals surface area contributed by atoms with E-state index in [9.17, 15) is 14.4 Å². The molecule has 174 valence electrons. The number of esters is 1. The standard InChI is InChI=1S/C27H25ClN2O4/c1-34-26(32)24-4-2-3-23(24)25(31)19-7-5-17(6-8-19)18-9-13-21(14-10-18)29-27(33)30-22-15-11-20(28)12-16-22/h5-16,23-24H,2-4H2,1H3,(H2,29,30,33)/t23-,24-/m1/s1. The number of anilines is 2. The van der Waals surface area contributed by atoms with Crippen molar-refractivity contribution in [1.82, 2.24) is 0 Å². The van der Waals surface area contributed by atoms with Crippen LogP contribution >= 0.6 is 11.6 Å². The van der Waals surface area contributed by atoms with E-state index in [0.717, 1.165) is 17.5 Å². The van der Waals surface area contributed by atoms with Crippen molar-refractivity contribution < 1.29 is 19.1 Å². The molecule has 2 atom stereocenters. The van der Waals surface area contributed by atoms with Gasteiger partial charge in [-0.15, -0.1) is 0 Å². The van der Waals surface area contributed by atoms with Gasteiger partial charge in [-0.1, -0.05) is 54.4 Å². The highest BCUT2D eigenvalue weighted by Gasteiger charge is 2.38. The average molecular weight is 477 g/mol. The van der Waals surface area contributed by atoms with E-state index in [1.165, 1.54) is 7.11 Å². The van der Waals surface area contributed by atoms with Gasteiger partial charge in [-0.05, 0) is 60.4 Å². The van der Waals surface area contributed by atoms with Crippen LogP contribution < -0.4 is 10.6 Å². The van der Waals surface area contributed by atoms with Gasteiger partial charge in [0.15, 0.2) is 5.78 Å². The molecule has 3 aromatic rings. The number of halogens is 1. The monoisotopic (exact) mass is 476 g/mol. The molecule has 0 spiro atoms. The van der Waals surface area contributed by atoms with Crippen LogP contribution in [0.1, 0.15) is 29.6 Å². The number of carbonyl (C=O) groups is 3. The molecule has 1 aliphatic carbocycles. The number of urea groups is 1. The molecule has 0 radical (unpaired) electrons. The minimum Gasteiger partial charge on any atom is -0.469 e. The third-order valence-corrected chi connectivity index (χ3v) is 6.36. The van der Waals surface area contributed by atoms with Gasteiger partial charge in [0.25, 0.3) is 0 Å². The number of carbonyl (C=O) groups excluding carboxylic acids is 3. The molecule has 4 rings (SSSR count). The van der Waals surface area contributed by atoms with Crippen molar-refractivity contribution >= 4 is 40.8 Å². The minimum absolute atomic E-state index is 0.00861. The number of nitrogens with one attached hydrogen (secondary N) is 2. The van der Waals surface area contributed by atoms with Crippen molar-refractivity contribution in [3.05, 3.63) is 83.4 Å². The molecule has 1 aliphatic rings. The minimum atomic E-state index is -0.353. The normalized spacial score (nSPS) is 17.1. The molecule has 0 bridgehead atoms. The molecule has 0 unspecified atom stereocenters. The smallest absolute Gasteiger partial charge is 0.323 e. The van der Waals surface area contributed by atoms with Crippen molar-refractivity contribution in [2.75, 3.05) is 17.7 Å². The predicted molar refractivity (Wildman–Crippen MR) is 133 cm³/mol. The Kier molecular flexibility index (Phi) is 7.28. The maximum atomic E-state index is 13.0. The van der Waals surface area contributed by atoms with E-state index in [-0.39, 0.29) is 29.6 Å². The van der Waals surface area contributed by atoms with Crippen molar-refractivity contribution in [3.8, 4) is 11.1 Å². The fourth-order valence-corrected chi connectivity index (χ4v) is 4.45. The summed E-state index contributed by atoms with van der Waals surface area (Å²) in [5.41, 5.74) is 3.79. The Bertz CT molecular complexity index is 1170. The molecule has 7 heteroatoms. The van der Waals surface area contributed by atoms with Gasteiger partial charge in [0, 0.05) is 27.9 Å². The van der Waals surface area contributed by atoms with E-state index in [1.54, 1.807) is 36.4 Å². The molecule has 0 heterocycles. The van der Waals surface area contributed by atoms with Crippen LogP contribution in [0.2, 0.25) is 5.02 Å². The Hall–Kier alpha value is -3.64. The van der Waals surface area contributed by atoms with Gasteiger partial charge in [0.1, 0.15) is 0 Å². The lowest BCUT2D eigenvalue weighted by Gasteiger charge is -2.16. The molecule has 2 N–H and O–H groups in total. The van der Waals surface area contributed by atoms with E-state index in [1.807, 2.05) is 36.4 Å². The Balaban J connectivity index is 1.38. The zero-order chi connectivity index (χ0) is 24.1. The van der Waals surface area contributed by atoms with Gasteiger partial charge in [-0.2, -0.15) is 0 Å². The Morgan fingerprint density at radius 1 is 0.765 bits per heavy atom. The number of hydrogen-bond acceptors (Lipinski definition) is 4. The second kappa shape index (κ2) is 10.5. The van der Waals surface area contributed by atoms with Crippen LogP contribution in [0, 0.1) is 11.8 Å². The quantitative estimate of drug-likeness (QED) is 0.317. The largest absolute Gasteiger partial charge is 0.469 e. The lowest BCUT2D eigenvalue weighted by atomic mass is 9.88. The Morgan fingerprint density at radius 3 is 1.82 bits per heavy atom. The lowest BCUT2D eigenvalue weighted by Crippen LogP contribution is -2.26. The van der Waals surface area contributed by atoms with E-state index >= 15 is 0 Å². The van der Waals surface area contributed by atoms with Gasteiger partial charge in [0.2, 0.25) is 0 Å². The van der Waals surface area contributed by atoms with E-state index in [0.29, 0.717) is 34.8 Å². The third kappa shape index (κ3) is 5.46. The maximum Gasteiger partial charge on any atom is 0.323 e. The van der Waals surface area contributed by atoms with Crippen molar-refractivity contribution in [2.24, 2.45) is 11.8 Å². The average Bonchev–Trinajstić information content (AvgIpc) is 3.35. The first-order valence-corrected chi connectivity index (χ1v) is 11.5. The second-order valence-corrected chi connectivity index (χ2v) is 8.71. The second-order valence-electron chi connectivity index (χ2n) is 8.27. The maximum absolute atomic E-state index is 13.0. The van der Waals surface area contributed by atoms with Crippen LogP contribution in [0.4, 0.5) is 16.2 Å². The fraction of sp³-hybridized carbons (Fsp3) is 0.222.